The van der Waals surface area contributed by atoms with Crippen molar-refractivity contribution in [1.82, 2.24) is 5.32 Å². The summed E-state index contributed by atoms with van der Waals surface area (Å²) >= 11 is 0. The Hall–Kier alpha value is -0.610. The van der Waals surface area contributed by atoms with Crippen LogP contribution in [0.4, 0.5) is 0 Å². The molecule has 1 N–H and O–H groups in total. The predicted molar refractivity (Wildman–Crippen MR) is 53.1 cm³/mol. The third kappa shape index (κ3) is 2.45. The molecule has 0 saturated carbocycles. The molecule has 4 heteroatoms. The number of esters is 1. The van der Waals surface area contributed by atoms with Crippen molar-refractivity contribution in [3.8, 4) is 0 Å². The van der Waals surface area contributed by atoms with E-state index in [-0.39, 0.29) is 5.97 Å². The van der Waals surface area contributed by atoms with Gasteiger partial charge >= 0.3 is 5.97 Å². The molecule has 0 atom stereocenters. The highest BCUT2D eigenvalue weighted by molar-refractivity contribution is 5.79. The molecule has 1 aliphatic heterocycles. The van der Waals surface area contributed by atoms with Gasteiger partial charge < -0.3 is 14.8 Å². The van der Waals surface area contributed by atoms with Crippen LogP contribution in [-0.2, 0) is 14.3 Å². The number of piperidine rings is 1. The highest BCUT2D eigenvalue weighted by atomic mass is 16.6. The van der Waals surface area contributed by atoms with Gasteiger partial charge in [-0.15, -0.1) is 0 Å². The molecule has 0 amide bonds. The lowest BCUT2D eigenvalue weighted by atomic mass is 9.92. The fraction of sp³-hybridized carbons (Fsp3) is 0.900. The summed E-state index contributed by atoms with van der Waals surface area (Å²) in [5.74, 6) is -0.205. The van der Waals surface area contributed by atoms with Gasteiger partial charge in [0, 0.05) is 6.61 Å². The largest absolute Gasteiger partial charge is 0.464 e. The smallest absolute Gasteiger partial charge is 0.338 e. The second-order valence-corrected chi connectivity index (χ2v) is 3.40. The monoisotopic (exact) mass is 201 g/mol. The molecule has 1 fully saturated rings. The summed E-state index contributed by atoms with van der Waals surface area (Å²) in [6.45, 7) is 6.33. The van der Waals surface area contributed by atoms with E-state index >= 15 is 0 Å². The number of carbonyl (C=O) groups is 1. The first-order valence-corrected chi connectivity index (χ1v) is 5.27. The number of hydrogen-bond donors (Lipinski definition) is 1. The minimum atomic E-state index is -0.685. The van der Waals surface area contributed by atoms with Crippen LogP contribution in [0.2, 0.25) is 0 Å². The quantitative estimate of drug-likeness (QED) is 0.680. The standard InChI is InChI=1S/C10H19NO3/c1-3-13-9(12)10(14-4-2)5-7-11-8-6-10/h11H,3-8H2,1-2H3. The molecule has 82 valence electrons. The first kappa shape index (κ1) is 11.5. The fourth-order valence-electron chi connectivity index (χ4n) is 1.78. The van der Waals surface area contributed by atoms with Crippen molar-refractivity contribution in [3.05, 3.63) is 0 Å². The van der Waals surface area contributed by atoms with Gasteiger partial charge in [-0.25, -0.2) is 4.79 Å². The molecular weight excluding hydrogens is 182 g/mol. The van der Waals surface area contributed by atoms with E-state index in [1.54, 1.807) is 0 Å². The summed E-state index contributed by atoms with van der Waals surface area (Å²) in [5.41, 5.74) is -0.685. The maximum Gasteiger partial charge on any atom is 0.338 e. The minimum Gasteiger partial charge on any atom is -0.464 e. The van der Waals surface area contributed by atoms with E-state index in [4.69, 9.17) is 9.47 Å². The molecule has 0 spiro atoms. The van der Waals surface area contributed by atoms with Crippen LogP contribution in [0, 0.1) is 0 Å². The molecule has 14 heavy (non-hydrogen) atoms. The van der Waals surface area contributed by atoms with E-state index in [0.29, 0.717) is 26.1 Å². The molecule has 1 rings (SSSR count). The van der Waals surface area contributed by atoms with Gasteiger partial charge in [0.25, 0.3) is 0 Å². The zero-order valence-corrected chi connectivity index (χ0v) is 8.97. The topological polar surface area (TPSA) is 47.6 Å². The zero-order valence-electron chi connectivity index (χ0n) is 8.97. The Labute approximate surface area is 85.0 Å². The number of rotatable bonds is 4. The van der Waals surface area contributed by atoms with Crippen LogP contribution >= 0.6 is 0 Å². The maximum absolute atomic E-state index is 11.7. The van der Waals surface area contributed by atoms with Crippen LogP contribution in [0.25, 0.3) is 0 Å². The van der Waals surface area contributed by atoms with E-state index in [2.05, 4.69) is 5.32 Å². The SMILES string of the molecule is CCOC(=O)C1(OCC)CCNCC1. The lowest BCUT2D eigenvalue weighted by Gasteiger charge is -2.34. The van der Waals surface area contributed by atoms with E-state index < -0.39 is 5.60 Å². The third-order valence-corrected chi connectivity index (χ3v) is 2.48. The highest BCUT2D eigenvalue weighted by Crippen LogP contribution is 2.24. The Balaban J connectivity index is 2.63. The Morgan fingerprint density at radius 1 is 1.29 bits per heavy atom. The summed E-state index contributed by atoms with van der Waals surface area (Å²) in [6, 6.07) is 0. The van der Waals surface area contributed by atoms with Crippen molar-refractivity contribution in [2.45, 2.75) is 32.3 Å². The van der Waals surface area contributed by atoms with Crippen molar-refractivity contribution in [2.24, 2.45) is 0 Å². The van der Waals surface area contributed by atoms with Gasteiger partial charge in [-0.1, -0.05) is 0 Å². The zero-order chi connectivity index (χ0) is 10.4. The van der Waals surface area contributed by atoms with Gasteiger partial charge in [-0.3, -0.25) is 0 Å². The van der Waals surface area contributed by atoms with Gasteiger partial charge in [0.1, 0.15) is 0 Å². The molecule has 1 aliphatic rings. The molecule has 0 aliphatic carbocycles. The van der Waals surface area contributed by atoms with Crippen LogP contribution in [0.5, 0.6) is 0 Å². The molecule has 0 aromatic rings. The molecule has 0 aromatic carbocycles. The van der Waals surface area contributed by atoms with E-state index in [9.17, 15) is 4.79 Å². The van der Waals surface area contributed by atoms with Gasteiger partial charge in [0.15, 0.2) is 5.60 Å². The van der Waals surface area contributed by atoms with Crippen LogP contribution < -0.4 is 5.32 Å². The number of ether oxygens (including phenoxy) is 2. The first-order valence-electron chi connectivity index (χ1n) is 5.27. The van der Waals surface area contributed by atoms with Gasteiger partial charge in [-0.2, -0.15) is 0 Å². The summed E-state index contributed by atoms with van der Waals surface area (Å²) in [4.78, 5) is 11.7. The van der Waals surface area contributed by atoms with Gasteiger partial charge in [-0.05, 0) is 39.8 Å². The molecular formula is C10H19NO3. The number of nitrogens with one attached hydrogen (secondary N) is 1. The Morgan fingerprint density at radius 3 is 2.43 bits per heavy atom. The molecule has 0 aromatic heterocycles. The fourth-order valence-corrected chi connectivity index (χ4v) is 1.78. The van der Waals surface area contributed by atoms with Crippen LogP contribution in [0.1, 0.15) is 26.7 Å². The number of carbonyl (C=O) groups excluding carboxylic acids is 1. The molecule has 4 nitrogen and oxygen atoms in total. The van der Waals surface area contributed by atoms with Crippen molar-refractivity contribution >= 4 is 5.97 Å². The van der Waals surface area contributed by atoms with Crippen molar-refractivity contribution < 1.29 is 14.3 Å². The Morgan fingerprint density at radius 2 is 1.93 bits per heavy atom. The predicted octanol–water partition coefficient (Wildman–Crippen LogP) is 0.708. The molecule has 0 bridgehead atoms. The van der Waals surface area contributed by atoms with Crippen molar-refractivity contribution in [3.63, 3.8) is 0 Å². The van der Waals surface area contributed by atoms with Gasteiger partial charge in [0.2, 0.25) is 0 Å². The first-order chi connectivity index (χ1) is 6.75. The average Bonchev–Trinajstić information content (AvgIpc) is 2.20. The second-order valence-electron chi connectivity index (χ2n) is 3.40. The highest BCUT2D eigenvalue weighted by Gasteiger charge is 2.41. The van der Waals surface area contributed by atoms with Crippen molar-refractivity contribution in [1.29, 1.82) is 0 Å². The summed E-state index contributed by atoms with van der Waals surface area (Å²) in [5, 5.41) is 3.21. The molecule has 1 saturated heterocycles. The molecule has 1 heterocycles. The lowest BCUT2D eigenvalue weighted by Crippen LogP contribution is -2.50. The number of hydrogen-bond acceptors (Lipinski definition) is 4. The van der Waals surface area contributed by atoms with Crippen molar-refractivity contribution in [2.75, 3.05) is 26.3 Å². The summed E-state index contributed by atoms with van der Waals surface area (Å²) < 4.78 is 10.6. The minimum absolute atomic E-state index is 0.205. The van der Waals surface area contributed by atoms with Crippen LogP contribution in [-0.4, -0.2) is 37.9 Å². The Bertz CT molecular complexity index is 182. The molecule has 0 radical (unpaired) electrons. The van der Waals surface area contributed by atoms with Crippen LogP contribution in [0.3, 0.4) is 0 Å². The third-order valence-electron chi connectivity index (χ3n) is 2.48. The Kier molecular flexibility index (Phi) is 4.35. The normalized spacial score (nSPS) is 20.4. The van der Waals surface area contributed by atoms with Gasteiger partial charge in [0.05, 0.1) is 6.61 Å². The van der Waals surface area contributed by atoms with Crippen LogP contribution in [0.15, 0.2) is 0 Å². The lowest BCUT2D eigenvalue weighted by molar-refractivity contribution is -0.175. The second kappa shape index (κ2) is 5.32. The molecule has 0 unspecified atom stereocenters. The summed E-state index contributed by atoms with van der Waals surface area (Å²) in [7, 11) is 0. The van der Waals surface area contributed by atoms with E-state index in [1.165, 1.54) is 0 Å². The average molecular weight is 201 g/mol. The van der Waals surface area contributed by atoms with E-state index in [0.717, 1.165) is 13.1 Å². The summed E-state index contributed by atoms with van der Waals surface area (Å²) in [6.07, 6.45) is 1.42. The maximum atomic E-state index is 11.7. The van der Waals surface area contributed by atoms with E-state index in [1.807, 2.05) is 13.8 Å².